The van der Waals surface area contributed by atoms with E-state index in [2.05, 4.69) is 50.4 Å². The van der Waals surface area contributed by atoms with E-state index < -0.39 is 0 Å². The standard InChI is InChI=1S/C17H27N/c1-4-17(13-18-12-14(2)3)11-7-9-15-8-5-6-10-16(15)17/h5-6,8,10,14,18H,4,7,9,11-13H2,1-3H3. The van der Waals surface area contributed by atoms with E-state index in [1.807, 2.05) is 0 Å². The average molecular weight is 245 g/mol. The summed E-state index contributed by atoms with van der Waals surface area (Å²) in [6.07, 6.45) is 5.19. The van der Waals surface area contributed by atoms with Crippen LogP contribution in [0.25, 0.3) is 0 Å². The van der Waals surface area contributed by atoms with Gasteiger partial charge in [-0.1, -0.05) is 45.0 Å². The zero-order valence-electron chi connectivity index (χ0n) is 12.1. The Morgan fingerprint density at radius 3 is 2.78 bits per heavy atom. The van der Waals surface area contributed by atoms with Crippen LogP contribution in [-0.4, -0.2) is 13.1 Å². The number of aryl methyl sites for hydroxylation is 1. The molecule has 0 bridgehead atoms. The summed E-state index contributed by atoms with van der Waals surface area (Å²) >= 11 is 0. The first kappa shape index (κ1) is 13.6. The summed E-state index contributed by atoms with van der Waals surface area (Å²) in [5, 5.41) is 3.69. The number of nitrogens with one attached hydrogen (secondary N) is 1. The Bertz CT molecular complexity index is 383. The fraction of sp³-hybridized carbons (Fsp3) is 0.647. The van der Waals surface area contributed by atoms with Gasteiger partial charge in [0.05, 0.1) is 0 Å². The summed E-state index contributed by atoms with van der Waals surface area (Å²) in [5.41, 5.74) is 3.57. The lowest BCUT2D eigenvalue weighted by Crippen LogP contribution is -2.41. The number of hydrogen-bond acceptors (Lipinski definition) is 1. The molecule has 0 saturated heterocycles. The van der Waals surface area contributed by atoms with Crippen LogP contribution >= 0.6 is 0 Å². The minimum atomic E-state index is 0.379. The third-order valence-corrected chi connectivity index (χ3v) is 4.38. The van der Waals surface area contributed by atoms with E-state index in [0.717, 1.165) is 19.0 Å². The maximum atomic E-state index is 3.69. The van der Waals surface area contributed by atoms with Crippen molar-refractivity contribution in [1.29, 1.82) is 0 Å². The summed E-state index contributed by atoms with van der Waals surface area (Å²) in [5.74, 6) is 0.734. The number of hydrogen-bond donors (Lipinski definition) is 1. The lowest BCUT2D eigenvalue weighted by atomic mass is 9.68. The predicted octanol–water partition coefficient (Wildman–Crippen LogP) is 3.92. The molecule has 100 valence electrons. The topological polar surface area (TPSA) is 12.0 Å². The zero-order chi connectivity index (χ0) is 13.0. The van der Waals surface area contributed by atoms with Crippen molar-refractivity contribution >= 4 is 0 Å². The van der Waals surface area contributed by atoms with E-state index in [1.165, 1.54) is 25.7 Å². The van der Waals surface area contributed by atoms with Crippen molar-refractivity contribution < 1.29 is 0 Å². The molecule has 0 spiro atoms. The van der Waals surface area contributed by atoms with Crippen molar-refractivity contribution in [2.75, 3.05) is 13.1 Å². The van der Waals surface area contributed by atoms with Crippen LogP contribution in [0.5, 0.6) is 0 Å². The molecule has 1 aromatic carbocycles. The molecular formula is C17H27N. The predicted molar refractivity (Wildman–Crippen MR) is 79.1 cm³/mol. The van der Waals surface area contributed by atoms with Crippen LogP contribution in [-0.2, 0) is 11.8 Å². The minimum Gasteiger partial charge on any atom is -0.316 e. The Labute approximate surface area is 112 Å². The van der Waals surface area contributed by atoms with Crippen LogP contribution in [0.3, 0.4) is 0 Å². The average Bonchev–Trinajstić information content (AvgIpc) is 2.38. The van der Waals surface area contributed by atoms with Gasteiger partial charge in [-0.3, -0.25) is 0 Å². The molecule has 0 radical (unpaired) electrons. The van der Waals surface area contributed by atoms with Gasteiger partial charge in [-0.2, -0.15) is 0 Å². The SMILES string of the molecule is CCC1(CNCC(C)C)CCCc2ccccc21. The lowest BCUT2D eigenvalue weighted by molar-refractivity contribution is 0.321. The van der Waals surface area contributed by atoms with Crippen molar-refractivity contribution in [1.82, 2.24) is 5.32 Å². The molecule has 0 aromatic heterocycles. The molecule has 0 aliphatic heterocycles. The van der Waals surface area contributed by atoms with Crippen LogP contribution in [0.4, 0.5) is 0 Å². The Kier molecular flexibility index (Phi) is 4.45. The zero-order valence-corrected chi connectivity index (χ0v) is 12.1. The van der Waals surface area contributed by atoms with Gasteiger partial charge in [-0.15, -0.1) is 0 Å². The van der Waals surface area contributed by atoms with Gasteiger partial charge in [0, 0.05) is 12.0 Å². The summed E-state index contributed by atoms with van der Waals surface area (Å²) in [6.45, 7) is 9.17. The van der Waals surface area contributed by atoms with E-state index in [4.69, 9.17) is 0 Å². The molecule has 1 aliphatic carbocycles. The van der Waals surface area contributed by atoms with Gasteiger partial charge >= 0.3 is 0 Å². The van der Waals surface area contributed by atoms with Gasteiger partial charge in [0.1, 0.15) is 0 Å². The van der Waals surface area contributed by atoms with Gasteiger partial charge in [0.25, 0.3) is 0 Å². The van der Waals surface area contributed by atoms with Crippen molar-refractivity contribution in [3.8, 4) is 0 Å². The minimum absolute atomic E-state index is 0.379. The molecule has 1 aromatic rings. The molecule has 0 amide bonds. The second-order valence-electron chi connectivity index (χ2n) is 6.17. The highest BCUT2D eigenvalue weighted by Crippen LogP contribution is 2.39. The molecule has 18 heavy (non-hydrogen) atoms. The Hall–Kier alpha value is -0.820. The molecule has 2 rings (SSSR count). The first-order valence-electron chi connectivity index (χ1n) is 7.47. The van der Waals surface area contributed by atoms with Gasteiger partial charge in [-0.25, -0.2) is 0 Å². The largest absolute Gasteiger partial charge is 0.316 e. The first-order chi connectivity index (χ1) is 8.68. The molecule has 1 heteroatoms. The maximum Gasteiger partial charge on any atom is 0.00780 e. The Morgan fingerprint density at radius 2 is 2.06 bits per heavy atom. The van der Waals surface area contributed by atoms with Gasteiger partial charge < -0.3 is 5.32 Å². The summed E-state index contributed by atoms with van der Waals surface area (Å²) < 4.78 is 0. The summed E-state index contributed by atoms with van der Waals surface area (Å²) in [4.78, 5) is 0. The number of rotatable bonds is 5. The van der Waals surface area contributed by atoms with Gasteiger partial charge in [0.15, 0.2) is 0 Å². The van der Waals surface area contributed by atoms with E-state index in [0.29, 0.717) is 5.41 Å². The normalized spacial score (nSPS) is 23.1. The smallest absolute Gasteiger partial charge is 0.00780 e. The monoisotopic (exact) mass is 245 g/mol. The molecule has 0 heterocycles. The highest BCUT2D eigenvalue weighted by molar-refractivity contribution is 5.37. The van der Waals surface area contributed by atoms with Gasteiger partial charge in [-0.05, 0) is 49.3 Å². The lowest BCUT2D eigenvalue weighted by Gasteiger charge is -2.39. The quantitative estimate of drug-likeness (QED) is 0.829. The highest BCUT2D eigenvalue weighted by atomic mass is 14.9. The van der Waals surface area contributed by atoms with Crippen molar-refractivity contribution in [3.05, 3.63) is 35.4 Å². The molecule has 0 saturated carbocycles. The van der Waals surface area contributed by atoms with E-state index in [-0.39, 0.29) is 0 Å². The molecule has 1 unspecified atom stereocenters. The third-order valence-electron chi connectivity index (χ3n) is 4.38. The Balaban J connectivity index is 2.17. The second kappa shape index (κ2) is 5.88. The van der Waals surface area contributed by atoms with E-state index in [1.54, 1.807) is 11.1 Å². The summed E-state index contributed by atoms with van der Waals surface area (Å²) in [6, 6.07) is 9.07. The second-order valence-corrected chi connectivity index (χ2v) is 6.17. The third kappa shape index (κ3) is 2.77. The van der Waals surface area contributed by atoms with Gasteiger partial charge in [0.2, 0.25) is 0 Å². The van der Waals surface area contributed by atoms with Crippen molar-refractivity contribution in [2.24, 2.45) is 5.92 Å². The first-order valence-corrected chi connectivity index (χ1v) is 7.47. The van der Waals surface area contributed by atoms with Crippen molar-refractivity contribution in [3.63, 3.8) is 0 Å². The number of benzene rings is 1. The number of fused-ring (bicyclic) bond motifs is 1. The highest BCUT2D eigenvalue weighted by Gasteiger charge is 2.34. The van der Waals surface area contributed by atoms with Crippen LogP contribution < -0.4 is 5.32 Å². The molecule has 1 N–H and O–H groups in total. The summed E-state index contributed by atoms with van der Waals surface area (Å²) in [7, 11) is 0. The van der Waals surface area contributed by atoms with E-state index >= 15 is 0 Å². The van der Waals surface area contributed by atoms with E-state index in [9.17, 15) is 0 Å². The Morgan fingerprint density at radius 1 is 1.28 bits per heavy atom. The van der Waals surface area contributed by atoms with Crippen LogP contribution in [0.15, 0.2) is 24.3 Å². The molecule has 1 nitrogen and oxygen atoms in total. The molecule has 1 atom stereocenters. The van der Waals surface area contributed by atoms with Crippen LogP contribution in [0, 0.1) is 5.92 Å². The molecular weight excluding hydrogens is 218 g/mol. The molecule has 1 aliphatic rings. The van der Waals surface area contributed by atoms with Crippen molar-refractivity contribution in [2.45, 2.75) is 51.9 Å². The fourth-order valence-corrected chi connectivity index (χ4v) is 3.28. The maximum absolute atomic E-state index is 3.69. The van der Waals surface area contributed by atoms with Crippen LogP contribution in [0.2, 0.25) is 0 Å². The molecule has 0 fully saturated rings. The fourth-order valence-electron chi connectivity index (χ4n) is 3.28. The van der Waals surface area contributed by atoms with Crippen LogP contribution in [0.1, 0.15) is 51.2 Å².